The number of hydrogen-bond acceptors (Lipinski definition) is 3. The van der Waals surface area contributed by atoms with Gasteiger partial charge in [0.1, 0.15) is 5.75 Å². The third-order valence-electron chi connectivity index (χ3n) is 5.22. The van der Waals surface area contributed by atoms with Gasteiger partial charge in [-0.15, -0.1) is 0 Å². The average Bonchev–Trinajstić information content (AvgIpc) is 3.05. The number of phenols is 1. The van der Waals surface area contributed by atoms with Gasteiger partial charge in [-0.25, -0.2) is 4.90 Å². The maximum atomic E-state index is 12.8. The van der Waals surface area contributed by atoms with Crippen molar-refractivity contribution in [2.45, 2.75) is 13.3 Å². The molecule has 4 rings (SSSR count). The van der Waals surface area contributed by atoms with Gasteiger partial charge in [-0.1, -0.05) is 12.2 Å². The molecule has 2 fully saturated rings. The number of imide groups is 1. The number of allylic oxidation sites excluding steroid dienone is 2. The fraction of sp³-hybridized carbons (Fsp3) is 0.375. The van der Waals surface area contributed by atoms with E-state index in [9.17, 15) is 14.7 Å². The summed E-state index contributed by atoms with van der Waals surface area (Å²) in [6.07, 6.45) is 5.09. The Morgan fingerprint density at radius 2 is 1.90 bits per heavy atom. The van der Waals surface area contributed by atoms with E-state index in [1.54, 1.807) is 12.1 Å². The van der Waals surface area contributed by atoms with Gasteiger partial charge in [0.25, 0.3) is 0 Å². The first-order valence-corrected chi connectivity index (χ1v) is 6.89. The number of aromatic hydroxyl groups is 1. The van der Waals surface area contributed by atoms with Crippen LogP contribution >= 0.6 is 0 Å². The summed E-state index contributed by atoms with van der Waals surface area (Å²) in [6.45, 7) is 1.92. The second-order valence-electron chi connectivity index (χ2n) is 6.15. The van der Waals surface area contributed by atoms with E-state index >= 15 is 0 Å². The van der Waals surface area contributed by atoms with Crippen molar-refractivity contribution >= 4 is 17.5 Å². The molecule has 2 aliphatic carbocycles. The van der Waals surface area contributed by atoms with Crippen LogP contribution in [-0.2, 0) is 9.59 Å². The van der Waals surface area contributed by atoms with Crippen LogP contribution in [0.1, 0.15) is 13.3 Å². The lowest BCUT2D eigenvalue weighted by molar-refractivity contribution is -0.127. The summed E-state index contributed by atoms with van der Waals surface area (Å²) in [5.74, 6) is 0.0782. The van der Waals surface area contributed by atoms with Crippen molar-refractivity contribution in [1.29, 1.82) is 0 Å². The van der Waals surface area contributed by atoms with E-state index in [1.165, 1.54) is 17.0 Å². The van der Waals surface area contributed by atoms with Gasteiger partial charge in [0.05, 0.1) is 17.0 Å². The molecular weight excluding hydrogens is 254 g/mol. The number of benzene rings is 1. The van der Waals surface area contributed by atoms with Crippen LogP contribution in [-0.4, -0.2) is 16.9 Å². The van der Waals surface area contributed by atoms with Crippen molar-refractivity contribution in [2.24, 2.45) is 23.2 Å². The molecule has 4 heteroatoms. The molecule has 4 nitrogen and oxygen atoms in total. The zero-order valence-corrected chi connectivity index (χ0v) is 11.1. The largest absolute Gasteiger partial charge is 0.508 e. The van der Waals surface area contributed by atoms with E-state index in [-0.39, 0.29) is 35.3 Å². The van der Waals surface area contributed by atoms with Gasteiger partial charge in [-0.3, -0.25) is 9.59 Å². The lowest BCUT2D eigenvalue weighted by Gasteiger charge is -2.28. The highest BCUT2D eigenvalue weighted by atomic mass is 16.3. The molecule has 1 aromatic rings. The van der Waals surface area contributed by atoms with Gasteiger partial charge >= 0.3 is 0 Å². The summed E-state index contributed by atoms with van der Waals surface area (Å²) in [5, 5.41) is 9.34. The highest BCUT2D eigenvalue weighted by Crippen LogP contribution is 2.60. The van der Waals surface area contributed by atoms with Crippen molar-refractivity contribution in [1.82, 2.24) is 0 Å². The number of fused-ring (bicyclic) bond motifs is 5. The minimum absolute atomic E-state index is 0.0972. The molecule has 0 spiro atoms. The Hall–Kier alpha value is -2.10. The number of carbonyl (C=O) groups is 2. The average molecular weight is 269 g/mol. The Labute approximate surface area is 116 Å². The molecule has 3 aliphatic rings. The molecule has 4 atom stereocenters. The highest BCUT2D eigenvalue weighted by Gasteiger charge is 2.67. The van der Waals surface area contributed by atoms with Crippen molar-refractivity contribution < 1.29 is 14.7 Å². The zero-order valence-electron chi connectivity index (χ0n) is 11.1. The quantitative estimate of drug-likeness (QED) is 0.627. The van der Waals surface area contributed by atoms with Crippen LogP contribution in [0.3, 0.4) is 0 Å². The first-order valence-electron chi connectivity index (χ1n) is 6.89. The van der Waals surface area contributed by atoms with Crippen LogP contribution < -0.4 is 4.90 Å². The molecule has 2 bridgehead atoms. The van der Waals surface area contributed by atoms with Gasteiger partial charge in [0, 0.05) is 0 Å². The van der Waals surface area contributed by atoms with Gasteiger partial charge in [-0.2, -0.15) is 0 Å². The molecule has 1 aromatic carbocycles. The van der Waals surface area contributed by atoms with Gasteiger partial charge in [0.15, 0.2) is 0 Å². The maximum absolute atomic E-state index is 12.8. The molecule has 0 radical (unpaired) electrons. The summed E-state index contributed by atoms with van der Waals surface area (Å²) in [4.78, 5) is 26.8. The number of carbonyl (C=O) groups excluding carboxylic acids is 2. The number of amides is 2. The van der Waals surface area contributed by atoms with Gasteiger partial charge < -0.3 is 5.11 Å². The Balaban J connectivity index is 1.80. The van der Waals surface area contributed by atoms with E-state index in [0.29, 0.717) is 5.69 Å². The number of rotatable bonds is 1. The second kappa shape index (κ2) is 3.51. The Bertz CT molecular complexity index is 648. The summed E-state index contributed by atoms with van der Waals surface area (Å²) in [6, 6.07) is 6.23. The molecule has 1 N–H and O–H groups in total. The lowest BCUT2D eigenvalue weighted by Crippen LogP contribution is -2.37. The molecule has 1 heterocycles. The van der Waals surface area contributed by atoms with Crippen molar-refractivity contribution in [3.05, 3.63) is 36.4 Å². The van der Waals surface area contributed by atoms with E-state index < -0.39 is 5.41 Å². The predicted octanol–water partition coefficient (Wildman–Crippen LogP) is 2.09. The van der Waals surface area contributed by atoms with E-state index in [1.807, 2.05) is 6.92 Å². The number of phenolic OH excluding ortho intramolecular Hbond substituents is 1. The van der Waals surface area contributed by atoms with Gasteiger partial charge in [-0.05, 0) is 49.4 Å². The number of nitrogens with zero attached hydrogens (tertiary/aromatic N) is 1. The van der Waals surface area contributed by atoms with Crippen LogP contribution in [0.4, 0.5) is 5.69 Å². The zero-order chi connectivity index (χ0) is 14.1. The van der Waals surface area contributed by atoms with Crippen LogP contribution in [0.2, 0.25) is 0 Å². The minimum Gasteiger partial charge on any atom is -0.508 e. The second-order valence-corrected chi connectivity index (χ2v) is 6.15. The Kier molecular flexibility index (Phi) is 2.05. The lowest BCUT2D eigenvalue weighted by atomic mass is 9.71. The molecule has 1 saturated heterocycles. The maximum Gasteiger partial charge on any atom is 0.241 e. The normalized spacial score (nSPS) is 37.9. The minimum atomic E-state index is -0.589. The van der Waals surface area contributed by atoms with Crippen LogP contribution in [0.25, 0.3) is 0 Å². The van der Waals surface area contributed by atoms with Crippen molar-refractivity contribution in [3.8, 4) is 5.75 Å². The molecular formula is C16H15NO3. The Morgan fingerprint density at radius 3 is 2.55 bits per heavy atom. The van der Waals surface area contributed by atoms with Crippen molar-refractivity contribution in [3.63, 3.8) is 0 Å². The monoisotopic (exact) mass is 269 g/mol. The molecule has 1 aliphatic heterocycles. The topological polar surface area (TPSA) is 57.6 Å². The first-order chi connectivity index (χ1) is 9.53. The SMILES string of the molecule is C[C@]12C(=O)N(c3ccc(O)cc3)C(=O)[C@@H]1[C@H]1C=C[C@H]2C1. The molecule has 102 valence electrons. The summed E-state index contributed by atoms with van der Waals surface area (Å²) in [7, 11) is 0. The smallest absolute Gasteiger partial charge is 0.241 e. The molecule has 20 heavy (non-hydrogen) atoms. The third-order valence-corrected chi connectivity index (χ3v) is 5.22. The summed E-state index contributed by atoms with van der Waals surface area (Å²) < 4.78 is 0. The summed E-state index contributed by atoms with van der Waals surface area (Å²) in [5.41, 5.74) is -0.0400. The molecule has 1 saturated carbocycles. The fourth-order valence-corrected chi connectivity index (χ4v) is 4.15. The third kappa shape index (κ3) is 1.17. The van der Waals surface area contributed by atoms with E-state index in [0.717, 1.165) is 6.42 Å². The van der Waals surface area contributed by atoms with Crippen LogP contribution in [0.5, 0.6) is 5.75 Å². The predicted molar refractivity (Wildman–Crippen MR) is 72.9 cm³/mol. The Morgan fingerprint density at radius 1 is 1.20 bits per heavy atom. The first kappa shape index (κ1) is 11.7. The van der Waals surface area contributed by atoms with E-state index in [4.69, 9.17) is 0 Å². The fourth-order valence-electron chi connectivity index (χ4n) is 4.15. The number of hydrogen-bond donors (Lipinski definition) is 1. The molecule has 0 aromatic heterocycles. The highest BCUT2D eigenvalue weighted by molar-refractivity contribution is 6.24. The molecule has 0 unspecified atom stereocenters. The molecule has 2 amide bonds. The summed E-state index contributed by atoms with van der Waals surface area (Å²) >= 11 is 0. The van der Waals surface area contributed by atoms with E-state index in [2.05, 4.69) is 12.2 Å². The van der Waals surface area contributed by atoms with Crippen LogP contribution in [0.15, 0.2) is 36.4 Å². The van der Waals surface area contributed by atoms with Gasteiger partial charge in [0.2, 0.25) is 11.8 Å². The van der Waals surface area contributed by atoms with Crippen LogP contribution in [0, 0.1) is 23.2 Å². The standard InChI is InChI=1S/C16H15NO3/c1-16-10-3-2-9(8-10)13(16)14(19)17(15(16)20)11-4-6-12(18)7-5-11/h2-7,9-10,13,18H,8H2,1H3/t9-,10-,13-,16+/m0/s1. The van der Waals surface area contributed by atoms with Crippen molar-refractivity contribution in [2.75, 3.05) is 4.90 Å². The number of anilines is 1.